The monoisotopic (exact) mass is 366 g/mol. The van der Waals surface area contributed by atoms with Gasteiger partial charge in [-0.05, 0) is 49.6 Å². The van der Waals surface area contributed by atoms with Gasteiger partial charge in [0, 0.05) is 42.9 Å². The first-order valence-electron chi connectivity index (χ1n) is 9.82. The maximum Gasteiger partial charge on any atom is 0.251 e. The molecule has 5 heteroatoms. The van der Waals surface area contributed by atoms with Crippen molar-refractivity contribution < 1.29 is 14.3 Å². The van der Waals surface area contributed by atoms with Crippen molar-refractivity contribution in [1.29, 1.82) is 0 Å². The van der Waals surface area contributed by atoms with Crippen molar-refractivity contribution in [2.45, 2.75) is 32.2 Å². The number of rotatable bonds is 4. The first kappa shape index (κ1) is 17.7. The van der Waals surface area contributed by atoms with Gasteiger partial charge in [0.25, 0.3) is 5.91 Å². The molecule has 0 spiro atoms. The van der Waals surface area contributed by atoms with Crippen molar-refractivity contribution in [3.63, 3.8) is 0 Å². The Labute approximate surface area is 160 Å². The number of carbonyl (C=O) groups excluding carboxylic acids is 1. The van der Waals surface area contributed by atoms with E-state index in [4.69, 9.17) is 9.47 Å². The lowest BCUT2D eigenvalue weighted by molar-refractivity contribution is 0.0950. The third-order valence-electron chi connectivity index (χ3n) is 5.14. The zero-order valence-electron chi connectivity index (χ0n) is 15.6. The highest BCUT2D eigenvalue weighted by Gasteiger charge is 2.16. The molecule has 1 amide bonds. The fraction of sp³-hybridized carbons (Fsp3) is 0.409. The Morgan fingerprint density at radius 2 is 1.70 bits per heavy atom. The van der Waals surface area contributed by atoms with E-state index in [1.807, 2.05) is 42.5 Å². The van der Waals surface area contributed by atoms with Gasteiger partial charge in [-0.3, -0.25) is 4.79 Å². The van der Waals surface area contributed by atoms with Crippen molar-refractivity contribution in [3.8, 4) is 11.5 Å². The Bertz CT molecular complexity index is 783. The van der Waals surface area contributed by atoms with Crippen LogP contribution in [0.5, 0.6) is 11.5 Å². The number of hydrogen-bond donors (Lipinski definition) is 1. The van der Waals surface area contributed by atoms with Crippen LogP contribution in [0.1, 0.15) is 41.6 Å². The van der Waals surface area contributed by atoms with Crippen molar-refractivity contribution in [2.75, 3.05) is 31.2 Å². The fourth-order valence-electron chi connectivity index (χ4n) is 3.65. The topological polar surface area (TPSA) is 50.8 Å². The van der Waals surface area contributed by atoms with Gasteiger partial charge in [0.1, 0.15) is 0 Å². The van der Waals surface area contributed by atoms with Gasteiger partial charge < -0.3 is 19.7 Å². The van der Waals surface area contributed by atoms with Crippen LogP contribution >= 0.6 is 0 Å². The molecule has 2 heterocycles. The third-order valence-corrected chi connectivity index (χ3v) is 5.14. The molecule has 0 aliphatic carbocycles. The quantitative estimate of drug-likeness (QED) is 0.895. The second kappa shape index (κ2) is 8.33. The van der Waals surface area contributed by atoms with E-state index in [2.05, 4.69) is 10.2 Å². The number of carbonyl (C=O) groups is 1. The predicted molar refractivity (Wildman–Crippen MR) is 106 cm³/mol. The molecule has 0 unspecified atom stereocenters. The number of amides is 1. The molecule has 1 saturated heterocycles. The molecule has 1 fully saturated rings. The number of fused-ring (bicyclic) bond motifs is 1. The van der Waals surface area contributed by atoms with Gasteiger partial charge in [-0.25, -0.2) is 0 Å². The molecule has 0 saturated carbocycles. The van der Waals surface area contributed by atoms with Gasteiger partial charge in [0.15, 0.2) is 11.5 Å². The number of hydrogen-bond acceptors (Lipinski definition) is 4. The summed E-state index contributed by atoms with van der Waals surface area (Å²) in [5.74, 6) is 1.42. The second-order valence-electron chi connectivity index (χ2n) is 7.07. The van der Waals surface area contributed by atoms with Crippen LogP contribution in [0.15, 0.2) is 42.5 Å². The van der Waals surface area contributed by atoms with Crippen LogP contribution < -0.4 is 19.7 Å². The Kier molecular flexibility index (Phi) is 5.47. The molecule has 4 rings (SSSR count). The minimum Gasteiger partial charge on any atom is -0.490 e. The summed E-state index contributed by atoms with van der Waals surface area (Å²) in [6, 6.07) is 13.7. The van der Waals surface area contributed by atoms with E-state index in [0.717, 1.165) is 36.6 Å². The molecule has 0 atom stereocenters. The molecule has 0 bridgehead atoms. The molecule has 0 radical (unpaired) electrons. The summed E-state index contributed by atoms with van der Waals surface area (Å²) in [6.07, 6.45) is 4.67. The van der Waals surface area contributed by atoms with Gasteiger partial charge in [-0.2, -0.15) is 0 Å². The summed E-state index contributed by atoms with van der Waals surface area (Å²) in [5, 5.41) is 3.00. The SMILES string of the molecule is O=C(NCc1cccc2c1OCCCO2)c1ccc(N2CCCCC2)cc1. The summed E-state index contributed by atoms with van der Waals surface area (Å²) >= 11 is 0. The lowest BCUT2D eigenvalue weighted by Gasteiger charge is -2.28. The number of nitrogens with zero attached hydrogens (tertiary/aromatic N) is 1. The van der Waals surface area contributed by atoms with E-state index in [1.54, 1.807) is 0 Å². The average molecular weight is 366 g/mol. The third kappa shape index (κ3) is 4.18. The molecule has 2 aromatic rings. The lowest BCUT2D eigenvalue weighted by atomic mass is 10.1. The molecule has 1 N–H and O–H groups in total. The Hall–Kier alpha value is -2.69. The molecule has 2 aliphatic heterocycles. The summed E-state index contributed by atoms with van der Waals surface area (Å²) in [4.78, 5) is 14.9. The average Bonchev–Trinajstić information content (AvgIpc) is 2.99. The number of nitrogens with one attached hydrogen (secondary N) is 1. The normalized spacial score (nSPS) is 16.5. The van der Waals surface area contributed by atoms with Gasteiger partial charge >= 0.3 is 0 Å². The zero-order chi connectivity index (χ0) is 18.5. The highest BCUT2D eigenvalue weighted by Crippen LogP contribution is 2.33. The van der Waals surface area contributed by atoms with E-state index in [-0.39, 0.29) is 5.91 Å². The standard InChI is InChI=1S/C22H26N2O3/c25-22(17-8-10-19(11-9-17)24-12-2-1-3-13-24)23-16-18-6-4-7-20-21(18)27-15-5-14-26-20/h4,6-11H,1-3,5,12-16H2,(H,23,25). The molecule has 142 valence electrons. The number of ether oxygens (including phenoxy) is 2. The summed E-state index contributed by atoms with van der Waals surface area (Å²) in [5.41, 5.74) is 2.81. The Morgan fingerprint density at radius 3 is 2.52 bits per heavy atom. The Balaban J connectivity index is 1.40. The minimum absolute atomic E-state index is 0.0765. The van der Waals surface area contributed by atoms with E-state index < -0.39 is 0 Å². The van der Waals surface area contributed by atoms with Crippen LogP contribution in [0.2, 0.25) is 0 Å². The highest BCUT2D eigenvalue weighted by atomic mass is 16.5. The number of piperidine rings is 1. The molecule has 5 nitrogen and oxygen atoms in total. The first-order chi connectivity index (χ1) is 13.3. The van der Waals surface area contributed by atoms with Crippen molar-refractivity contribution in [3.05, 3.63) is 53.6 Å². The molecule has 27 heavy (non-hydrogen) atoms. The number of benzene rings is 2. The molecular weight excluding hydrogens is 340 g/mol. The minimum atomic E-state index is -0.0765. The van der Waals surface area contributed by atoms with Gasteiger partial charge in [-0.15, -0.1) is 0 Å². The van der Waals surface area contributed by atoms with E-state index in [1.165, 1.54) is 24.9 Å². The van der Waals surface area contributed by atoms with Gasteiger partial charge in [0.05, 0.1) is 13.2 Å². The predicted octanol–water partition coefficient (Wildman–Crippen LogP) is 3.77. The molecule has 2 aliphatic rings. The maximum atomic E-state index is 12.5. The van der Waals surface area contributed by atoms with Crippen molar-refractivity contribution in [1.82, 2.24) is 5.32 Å². The van der Waals surface area contributed by atoms with Gasteiger partial charge in [0.2, 0.25) is 0 Å². The zero-order valence-corrected chi connectivity index (χ0v) is 15.6. The van der Waals surface area contributed by atoms with Crippen molar-refractivity contribution in [2.24, 2.45) is 0 Å². The van der Waals surface area contributed by atoms with Gasteiger partial charge in [-0.1, -0.05) is 12.1 Å². The largest absolute Gasteiger partial charge is 0.490 e. The number of para-hydroxylation sites is 1. The first-order valence-corrected chi connectivity index (χ1v) is 9.82. The number of anilines is 1. The van der Waals surface area contributed by atoms with E-state index >= 15 is 0 Å². The van der Waals surface area contributed by atoms with E-state index in [0.29, 0.717) is 25.3 Å². The molecular formula is C22H26N2O3. The smallest absolute Gasteiger partial charge is 0.251 e. The summed E-state index contributed by atoms with van der Waals surface area (Å²) in [7, 11) is 0. The fourth-order valence-corrected chi connectivity index (χ4v) is 3.65. The Morgan fingerprint density at radius 1 is 0.926 bits per heavy atom. The van der Waals surface area contributed by atoms with Crippen LogP contribution in [0.4, 0.5) is 5.69 Å². The van der Waals surface area contributed by atoms with E-state index in [9.17, 15) is 4.79 Å². The molecule has 2 aromatic carbocycles. The highest BCUT2D eigenvalue weighted by molar-refractivity contribution is 5.94. The van der Waals surface area contributed by atoms with Crippen LogP contribution in [0.3, 0.4) is 0 Å². The van der Waals surface area contributed by atoms with Crippen LogP contribution in [-0.2, 0) is 6.54 Å². The van der Waals surface area contributed by atoms with Crippen LogP contribution in [-0.4, -0.2) is 32.2 Å². The summed E-state index contributed by atoms with van der Waals surface area (Å²) in [6.45, 7) is 3.92. The molecule has 0 aromatic heterocycles. The lowest BCUT2D eigenvalue weighted by Crippen LogP contribution is -2.29. The van der Waals surface area contributed by atoms with Crippen LogP contribution in [0, 0.1) is 0 Å². The second-order valence-corrected chi connectivity index (χ2v) is 7.07. The maximum absolute atomic E-state index is 12.5. The summed E-state index contributed by atoms with van der Waals surface area (Å²) < 4.78 is 11.5. The van der Waals surface area contributed by atoms with Crippen LogP contribution in [0.25, 0.3) is 0 Å². The van der Waals surface area contributed by atoms with Crippen molar-refractivity contribution >= 4 is 11.6 Å².